The summed E-state index contributed by atoms with van der Waals surface area (Å²) in [4.78, 5) is 0. The normalized spacial score (nSPS) is 10.9. The van der Waals surface area contributed by atoms with E-state index in [4.69, 9.17) is 4.52 Å². The Labute approximate surface area is 72.6 Å². The molecule has 1 aromatic heterocycles. The molecule has 0 aliphatic rings. The maximum atomic E-state index is 5.11. The van der Waals surface area contributed by atoms with Crippen LogP contribution in [-0.2, 0) is 0 Å². The first-order valence-corrected chi connectivity index (χ1v) is 3.91. The van der Waals surface area contributed by atoms with Gasteiger partial charge < -0.3 is 4.52 Å². The molecule has 0 N–H and O–H groups in total. The maximum absolute atomic E-state index is 5.11. The van der Waals surface area contributed by atoms with Crippen LogP contribution in [0.25, 0.3) is 11.6 Å². The highest BCUT2D eigenvalue weighted by Gasteiger charge is 2.09. The lowest BCUT2D eigenvalue weighted by molar-refractivity contribution is 0.405. The third kappa shape index (κ3) is 1.47. The molecule has 0 bridgehead atoms. The molecule has 0 saturated carbocycles. The second-order valence-corrected chi connectivity index (χ2v) is 2.79. The van der Waals surface area contributed by atoms with Crippen molar-refractivity contribution in [2.75, 3.05) is 0 Å². The number of hydrogen-bond acceptors (Lipinski definition) is 2. The SMILES string of the molecule is C=C(C)c1onc(C)c1/C=C\C. The van der Waals surface area contributed by atoms with Gasteiger partial charge in [0.25, 0.3) is 0 Å². The maximum Gasteiger partial charge on any atom is 0.169 e. The van der Waals surface area contributed by atoms with E-state index in [2.05, 4.69) is 11.7 Å². The predicted molar refractivity (Wildman–Crippen MR) is 50.7 cm³/mol. The first kappa shape index (κ1) is 8.78. The molecule has 0 saturated heterocycles. The molecule has 0 radical (unpaired) electrons. The van der Waals surface area contributed by atoms with Gasteiger partial charge in [-0.15, -0.1) is 0 Å². The average Bonchev–Trinajstić information content (AvgIpc) is 2.34. The Morgan fingerprint density at radius 1 is 1.58 bits per heavy atom. The highest BCUT2D eigenvalue weighted by atomic mass is 16.5. The minimum atomic E-state index is 0.783. The van der Waals surface area contributed by atoms with Crippen molar-refractivity contribution in [2.24, 2.45) is 0 Å². The number of aryl methyl sites for hydroxylation is 1. The van der Waals surface area contributed by atoms with Crippen molar-refractivity contribution in [2.45, 2.75) is 20.8 Å². The highest BCUT2D eigenvalue weighted by Crippen LogP contribution is 2.21. The van der Waals surface area contributed by atoms with Gasteiger partial charge in [0, 0.05) is 5.56 Å². The standard InChI is InChI=1S/C10H13NO/c1-5-6-9-8(4)11-12-10(9)7(2)3/h5-6H,2H2,1,3-4H3/b6-5-. The first-order chi connectivity index (χ1) is 5.66. The molecule has 0 fully saturated rings. The van der Waals surface area contributed by atoms with Gasteiger partial charge in [0.2, 0.25) is 0 Å². The molecule has 1 aromatic rings. The van der Waals surface area contributed by atoms with E-state index < -0.39 is 0 Å². The van der Waals surface area contributed by atoms with Crippen LogP contribution in [0.15, 0.2) is 17.2 Å². The zero-order valence-electron chi connectivity index (χ0n) is 7.72. The Bertz CT molecular complexity index is 321. The lowest BCUT2D eigenvalue weighted by atomic mass is 10.1. The van der Waals surface area contributed by atoms with Gasteiger partial charge in [-0.1, -0.05) is 23.9 Å². The topological polar surface area (TPSA) is 26.0 Å². The lowest BCUT2D eigenvalue weighted by Crippen LogP contribution is -1.79. The van der Waals surface area contributed by atoms with Crippen LogP contribution in [0, 0.1) is 6.92 Å². The second kappa shape index (κ2) is 3.39. The highest BCUT2D eigenvalue weighted by molar-refractivity contribution is 5.68. The molecule has 0 spiro atoms. The molecule has 2 heteroatoms. The molecule has 2 nitrogen and oxygen atoms in total. The van der Waals surface area contributed by atoms with Crippen molar-refractivity contribution in [3.05, 3.63) is 29.7 Å². The summed E-state index contributed by atoms with van der Waals surface area (Å²) < 4.78 is 5.11. The fourth-order valence-corrected chi connectivity index (χ4v) is 1.05. The first-order valence-electron chi connectivity index (χ1n) is 3.91. The molecule has 0 unspecified atom stereocenters. The van der Waals surface area contributed by atoms with Gasteiger partial charge in [-0.05, 0) is 26.3 Å². The molecule has 0 amide bonds. The molecule has 0 atom stereocenters. The Morgan fingerprint density at radius 2 is 2.25 bits per heavy atom. The summed E-state index contributed by atoms with van der Waals surface area (Å²) in [5, 5.41) is 3.87. The van der Waals surface area contributed by atoms with Gasteiger partial charge >= 0.3 is 0 Å². The Morgan fingerprint density at radius 3 is 2.75 bits per heavy atom. The third-order valence-electron chi connectivity index (χ3n) is 1.63. The summed E-state index contributed by atoms with van der Waals surface area (Å²) in [6, 6.07) is 0. The number of nitrogens with zero attached hydrogens (tertiary/aromatic N) is 1. The average molecular weight is 163 g/mol. The van der Waals surface area contributed by atoms with Gasteiger partial charge in [-0.2, -0.15) is 0 Å². The third-order valence-corrected chi connectivity index (χ3v) is 1.63. The summed E-state index contributed by atoms with van der Waals surface area (Å²) in [5.74, 6) is 0.783. The van der Waals surface area contributed by atoms with Gasteiger partial charge in [-0.25, -0.2) is 0 Å². The van der Waals surface area contributed by atoms with Crippen LogP contribution in [0.2, 0.25) is 0 Å². The summed E-state index contributed by atoms with van der Waals surface area (Å²) in [6.07, 6.45) is 3.95. The fourth-order valence-electron chi connectivity index (χ4n) is 1.05. The molecule has 0 aromatic carbocycles. The zero-order valence-corrected chi connectivity index (χ0v) is 7.72. The van der Waals surface area contributed by atoms with Crippen molar-refractivity contribution < 1.29 is 4.52 Å². The summed E-state index contributed by atoms with van der Waals surface area (Å²) in [5.41, 5.74) is 2.85. The number of rotatable bonds is 2. The van der Waals surface area contributed by atoms with E-state index in [1.807, 2.05) is 32.9 Å². The van der Waals surface area contributed by atoms with Crippen molar-refractivity contribution >= 4 is 11.6 Å². The van der Waals surface area contributed by atoms with Crippen LogP contribution in [0.4, 0.5) is 0 Å². The zero-order chi connectivity index (χ0) is 9.14. The summed E-state index contributed by atoms with van der Waals surface area (Å²) >= 11 is 0. The van der Waals surface area contributed by atoms with Gasteiger partial charge in [0.1, 0.15) is 0 Å². The van der Waals surface area contributed by atoms with Crippen LogP contribution in [0.1, 0.15) is 30.9 Å². The summed E-state index contributed by atoms with van der Waals surface area (Å²) in [6.45, 7) is 9.61. The lowest BCUT2D eigenvalue weighted by Gasteiger charge is -1.93. The largest absolute Gasteiger partial charge is 0.356 e. The smallest absolute Gasteiger partial charge is 0.169 e. The van der Waals surface area contributed by atoms with Crippen molar-refractivity contribution in [1.82, 2.24) is 5.16 Å². The minimum absolute atomic E-state index is 0.783. The molecular formula is C10H13NO. The van der Waals surface area contributed by atoms with Crippen LogP contribution in [0.3, 0.4) is 0 Å². The van der Waals surface area contributed by atoms with E-state index in [9.17, 15) is 0 Å². The Kier molecular flexibility index (Phi) is 2.48. The molecule has 0 aliphatic heterocycles. The van der Waals surface area contributed by atoms with Crippen LogP contribution in [0.5, 0.6) is 0 Å². The second-order valence-electron chi connectivity index (χ2n) is 2.79. The van der Waals surface area contributed by atoms with Crippen molar-refractivity contribution in [3.8, 4) is 0 Å². The fraction of sp³-hybridized carbons (Fsp3) is 0.300. The van der Waals surface area contributed by atoms with E-state index in [0.29, 0.717) is 0 Å². The van der Waals surface area contributed by atoms with E-state index >= 15 is 0 Å². The van der Waals surface area contributed by atoms with E-state index in [1.165, 1.54) is 0 Å². The molecule has 0 aliphatic carbocycles. The van der Waals surface area contributed by atoms with E-state index in [1.54, 1.807) is 0 Å². The molecule has 64 valence electrons. The molecule has 1 rings (SSSR count). The van der Waals surface area contributed by atoms with Crippen molar-refractivity contribution in [3.63, 3.8) is 0 Å². The van der Waals surface area contributed by atoms with Gasteiger partial charge in [-0.3, -0.25) is 0 Å². The molecular weight excluding hydrogens is 150 g/mol. The number of allylic oxidation sites excluding steroid dienone is 2. The number of hydrogen-bond donors (Lipinski definition) is 0. The predicted octanol–water partition coefficient (Wildman–Crippen LogP) is 3.05. The van der Waals surface area contributed by atoms with E-state index in [0.717, 1.165) is 22.6 Å². The van der Waals surface area contributed by atoms with Gasteiger partial charge in [0.15, 0.2) is 5.76 Å². The van der Waals surface area contributed by atoms with Crippen molar-refractivity contribution in [1.29, 1.82) is 0 Å². The molecule has 1 heterocycles. The quantitative estimate of drug-likeness (QED) is 0.669. The van der Waals surface area contributed by atoms with E-state index in [-0.39, 0.29) is 0 Å². The Hall–Kier alpha value is -1.31. The monoisotopic (exact) mass is 163 g/mol. The number of aromatic nitrogens is 1. The van der Waals surface area contributed by atoms with Crippen LogP contribution in [-0.4, -0.2) is 5.16 Å². The Balaban J connectivity index is 3.21. The van der Waals surface area contributed by atoms with Crippen LogP contribution < -0.4 is 0 Å². The van der Waals surface area contributed by atoms with Gasteiger partial charge in [0.05, 0.1) is 5.69 Å². The van der Waals surface area contributed by atoms with Crippen LogP contribution >= 0.6 is 0 Å². The summed E-state index contributed by atoms with van der Waals surface area (Å²) in [7, 11) is 0. The minimum Gasteiger partial charge on any atom is -0.356 e. The molecule has 12 heavy (non-hydrogen) atoms.